The van der Waals surface area contributed by atoms with Gasteiger partial charge in [-0.15, -0.1) is 0 Å². The average Bonchev–Trinajstić information content (AvgIpc) is 2.30. The van der Waals surface area contributed by atoms with E-state index in [-0.39, 0.29) is 6.54 Å². The molecule has 0 spiro atoms. The van der Waals surface area contributed by atoms with Crippen LogP contribution in [0.4, 0.5) is 8.78 Å². The van der Waals surface area contributed by atoms with Gasteiger partial charge >= 0.3 is 0 Å². The molecule has 0 aromatic carbocycles. The lowest BCUT2D eigenvalue weighted by Crippen LogP contribution is -2.37. The fourth-order valence-electron chi connectivity index (χ4n) is 1.11. The van der Waals surface area contributed by atoms with Crippen LogP contribution in [0.2, 0.25) is 0 Å². The average molecular weight is 243 g/mol. The van der Waals surface area contributed by atoms with E-state index in [1.165, 1.54) is 0 Å². The molecule has 0 aliphatic heterocycles. The van der Waals surface area contributed by atoms with E-state index in [9.17, 15) is 18.4 Å². The number of hydrogen-bond acceptors (Lipinski definition) is 3. The Bertz CT molecular complexity index is 438. The van der Waals surface area contributed by atoms with Gasteiger partial charge in [0.15, 0.2) is 5.82 Å². The Morgan fingerprint density at radius 1 is 1.35 bits per heavy atom. The highest BCUT2D eigenvalue weighted by Crippen LogP contribution is 2.08. The molecule has 1 heterocycles. The fourth-order valence-corrected chi connectivity index (χ4v) is 1.11. The smallest absolute Gasteiger partial charge is 0.254 e. The summed E-state index contributed by atoms with van der Waals surface area (Å²) in [6, 6.07) is 1.03. The zero-order valence-corrected chi connectivity index (χ0v) is 9.09. The van der Waals surface area contributed by atoms with Crippen molar-refractivity contribution in [3.8, 4) is 0 Å². The second kappa shape index (κ2) is 5.88. The lowest BCUT2D eigenvalue weighted by Gasteiger charge is -2.05. The highest BCUT2D eigenvalue weighted by Gasteiger charge is 2.16. The van der Waals surface area contributed by atoms with Crippen LogP contribution < -0.4 is 10.6 Å². The molecule has 0 radical (unpaired) electrons. The molecule has 2 N–H and O–H groups in total. The van der Waals surface area contributed by atoms with Gasteiger partial charge < -0.3 is 10.6 Å². The number of likely N-dealkylation sites (N-methyl/N-ethyl adjacent to an activating group) is 1. The van der Waals surface area contributed by atoms with E-state index in [0.717, 1.165) is 12.3 Å². The van der Waals surface area contributed by atoms with Crippen LogP contribution in [0.15, 0.2) is 12.3 Å². The molecule has 1 rings (SSSR count). The second-order valence-electron chi connectivity index (χ2n) is 3.10. The molecule has 92 valence electrons. The summed E-state index contributed by atoms with van der Waals surface area (Å²) in [5.74, 6) is -3.96. The molecule has 1 aromatic heterocycles. The summed E-state index contributed by atoms with van der Waals surface area (Å²) in [5, 5.41) is 4.61. The summed E-state index contributed by atoms with van der Waals surface area (Å²) in [7, 11) is 0. The molecule has 0 fully saturated rings. The van der Waals surface area contributed by atoms with Crippen molar-refractivity contribution in [2.24, 2.45) is 0 Å². The highest BCUT2D eigenvalue weighted by atomic mass is 19.2. The summed E-state index contributed by atoms with van der Waals surface area (Å²) in [6.07, 6.45) is 0.972. The number of carbonyl (C=O) groups excluding carboxylic acids is 2. The van der Waals surface area contributed by atoms with Crippen LogP contribution >= 0.6 is 0 Å². The molecule has 0 aliphatic rings. The summed E-state index contributed by atoms with van der Waals surface area (Å²) in [5.41, 5.74) is -0.484. The molecule has 17 heavy (non-hydrogen) atoms. The van der Waals surface area contributed by atoms with Crippen molar-refractivity contribution in [2.45, 2.75) is 6.92 Å². The molecule has 0 saturated carbocycles. The first kappa shape index (κ1) is 13.0. The normalized spacial score (nSPS) is 9.82. The van der Waals surface area contributed by atoms with Gasteiger partial charge in [0.05, 0.1) is 12.1 Å². The number of pyridine rings is 1. The fraction of sp³-hybridized carbons (Fsp3) is 0.300. The van der Waals surface area contributed by atoms with E-state index < -0.39 is 29.1 Å². The van der Waals surface area contributed by atoms with Crippen LogP contribution in [0.25, 0.3) is 0 Å². The number of halogens is 2. The zero-order chi connectivity index (χ0) is 12.8. The lowest BCUT2D eigenvalue weighted by atomic mass is 10.2. The molecular weight excluding hydrogens is 232 g/mol. The van der Waals surface area contributed by atoms with Crippen molar-refractivity contribution in [1.82, 2.24) is 15.6 Å². The first-order valence-electron chi connectivity index (χ1n) is 4.91. The SMILES string of the molecule is CCNC(=O)CNC(=O)c1ccnc(F)c1F. The Kier molecular flexibility index (Phi) is 4.50. The van der Waals surface area contributed by atoms with E-state index in [4.69, 9.17) is 0 Å². The quantitative estimate of drug-likeness (QED) is 0.743. The Labute approximate surface area is 96.2 Å². The lowest BCUT2D eigenvalue weighted by molar-refractivity contribution is -0.120. The van der Waals surface area contributed by atoms with Crippen LogP contribution in [0, 0.1) is 11.8 Å². The van der Waals surface area contributed by atoms with E-state index in [1.807, 2.05) is 0 Å². The maximum Gasteiger partial charge on any atom is 0.254 e. The molecule has 1 aromatic rings. The molecule has 0 saturated heterocycles. The van der Waals surface area contributed by atoms with E-state index in [0.29, 0.717) is 6.54 Å². The van der Waals surface area contributed by atoms with E-state index >= 15 is 0 Å². The molecule has 5 nitrogen and oxygen atoms in total. The third-order valence-corrected chi connectivity index (χ3v) is 1.87. The van der Waals surface area contributed by atoms with Crippen molar-refractivity contribution in [2.75, 3.05) is 13.1 Å². The highest BCUT2D eigenvalue weighted by molar-refractivity contribution is 5.96. The topological polar surface area (TPSA) is 71.1 Å². The van der Waals surface area contributed by atoms with Crippen LogP contribution in [0.1, 0.15) is 17.3 Å². The van der Waals surface area contributed by atoms with Gasteiger partial charge in [-0.1, -0.05) is 0 Å². The minimum atomic E-state index is -1.35. The summed E-state index contributed by atoms with van der Waals surface area (Å²) >= 11 is 0. The molecule has 7 heteroatoms. The first-order chi connectivity index (χ1) is 8.06. The number of carbonyl (C=O) groups is 2. The minimum Gasteiger partial charge on any atom is -0.355 e. The van der Waals surface area contributed by atoms with Gasteiger partial charge in [0.25, 0.3) is 5.91 Å². The first-order valence-corrected chi connectivity index (χ1v) is 4.91. The number of hydrogen-bond donors (Lipinski definition) is 2. The summed E-state index contributed by atoms with van der Waals surface area (Å²) < 4.78 is 25.8. The maximum atomic E-state index is 13.1. The van der Waals surface area contributed by atoms with Crippen LogP contribution in [0.3, 0.4) is 0 Å². The Hall–Kier alpha value is -2.05. The van der Waals surface area contributed by atoms with E-state index in [1.54, 1.807) is 6.92 Å². The van der Waals surface area contributed by atoms with Gasteiger partial charge in [-0.2, -0.15) is 4.39 Å². The Morgan fingerprint density at radius 2 is 2.06 bits per heavy atom. The Morgan fingerprint density at radius 3 is 2.71 bits per heavy atom. The van der Waals surface area contributed by atoms with Gasteiger partial charge in [-0.3, -0.25) is 9.59 Å². The van der Waals surface area contributed by atoms with Gasteiger partial charge in [-0.25, -0.2) is 9.37 Å². The summed E-state index contributed by atoms with van der Waals surface area (Å²) in [4.78, 5) is 25.5. The van der Waals surface area contributed by atoms with Crippen LogP contribution in [-0.4, -0.2) is 29.9 Å². The number of amides is 2. The third kappa shape index (κ3) is 3.47. The predicted octanol–water partition coefficient (Wildman–Crippen LogP) is 0.226. The van der Waals surface area contributed by atoms with Crippen molar-refractivity contribution >= 4 is 11.8 Å². The zero-order valence-electron chi connectivity index (χ0n) is 9.09. The van der Waals surface area contributed by atoms with Crippen molar-refractivity contribution in [1.29, 1.82) is 0 Å². The molecule has 0 atom stereocenters. The second-order valence-corrected chi connectivity index (χ2v) is 3.10. The molecular formula is C10H11F2N3O2. The van der Waals surface area contributed by atoms with Gasteiger partial charge in [-0.05, 0) is 13.0 Å². The molecule has 2 amide bonds. The third-order valence-electron chi connectivity index (χ3n) is 1.87. The van der Waals surface area contributed by atoms with Gasteiger partial charge in [0.2, 0.25) is 11.9 Å². The van der Waals surface area contributed by atoms with Gasteiger partial charge in [0.1, 0.15) is 0 Å². The van der Waals surface area contributed by atoms with Gasteiger partial charge in [0, 0.05) is 12.7 Å². The molecule has 0 unspecified atom stereocenters. The Balaban J connectivity index is 2.64. The number of nitrogens with zero attached hydrogens (tertiary/aromatic N) is 1. The van der Waals surface area contributed by atoms with Crippen molar-refractivity contribution < 1.29 is 18.4 Å². The standard InChI is InChI=1S/C10H11F2N3O2/c1-2-13-7(16)5-15-10(17)6-3-4-14-9(12)8(6)11/h3-4H,2,5H2,1H3,(H,13,16)(H,15,17). The number of rotatable bonds is 4. The number of aromatic nitrogens is 1. The largest absolute Gasteiger partial charge is 0.355 e. The molecule has 0 bridgehead atoms. The maximum absolute atomic E-state index is 13.1. The minimum absolute atomic E-state index is 0.296. The number of nitrogens with one attached hydrogen (secondary N) is 2. The molecule has 0 aliphatic carbocycles. The van der Waals surface area contributed by atoms with Crippen molar-refractivity contribution in [3.05, 3.63) is 29.6 Å². The monoisotopic (exact) mass is 243 g/mol. The summed E-state index contributed by atoms with van der Waals surface area (Å²) in [6.45, 7) is 1.85. The van der Waals surface area contributed by atoms with Crippen LogP contribution in [-0.2, 0) is 4.79 Å². The predicted molar refractivity (Wildman–Crippen MR) is 55.2 cm³/mol. The van der Waals surface area contributed by atoms with Crippen LogP contribution in [0.5, 0.6) is 0 Å². The van der Waals surface area contributed by atoms with E-state index in [2.05, 4.69) is 15.6 Å². The van der Waals surface area contributed by atoms with Crippen molar-refractivity contribution in [3.63, 3.8) is 0 Å².